The molecule has 18 heteroatoms. The van der Waals surface area contributed by atoms with Crippen LogP contribution in [0, 0.1) is 5.92 Å². The maximum atomic E-state index is 13.0. The first-order valence-electron chi connectivity index (χ1n) is 19.8. The van der Waals surface area contributed by atoms with Crippen molar-refractivity contribution in [2.45, 2.75) is 44.9 Å². The van der Waals surface area contributed by atoms with Gasteiger partial charge in [-0.25, -0.2) is 14.8 Å². The molecular weight excluding hydrogens is 791 g/mol. The van der Waals surface area contributed by atoms with E-state index in [0.29, 0.717) is 61.3 Å². The number of carbonyl (C=O) groups excluding carboxylic acids is 3. The Morgan fingerprint density at radius 3 is 2.21 bits per heavy atom. The number of nitrogens with zero attached hydrogens (tertiary/aromatic N) is 3. The minimum atomic E-state index is -1.73. The first-order valence-corrected chi connectivity index (χ1v) is 19.8. The van der Waals surface area contributed by atoms with E-state index in [0.717, 1.165) is 11.1 Å². The van der Waals surface area contributed by atoms with Crippen LogP contribution in [0.15, 0.2) is 95.8 Å². The van der Waals surface area contributed by atoms with Gasteiger partial charge in [-0.3, -0.25) is 19.4 Å². The molecule has 0 spiro atoms. The molecule has 3 aromatic heterocycles. The van der Waals surface area contributed by atoms with E-state index in [2.05, 4.69) is 36.2 Å². The van der Waals surface area contributed by atoms with Crippen LogP contribution in [-0.2, 0) is 30.2 Å². The van der Waals surface area contributed by atoms with Crippen LogP contribution in [0.4, 0.5) is 10.5 Å². The fourth-order valence-electron chi connectivity index (χ4n) is 5.95. The second-order valence-corrected chi connectivity index (χ2v) is 14.1. The highest BCUT2D eigenvalue weighted by Crippen LogP contribution is 2.26. The third-order valence-electron chi connectivity index (χ3n) is 8.91. The smallest absolute Gasteiger partial charge is 0.404 e. The molecule has 2 aromatic carbocycles. The molecule has 0 bridgehead atoms. The second kappa shape index (κ2) is 24.0. The van der Waals surface area contributed by atoms with Crippen LogP contribution in [0.2, 0.25) is 0 Å². The Morgan fingerprint density at radius 2 is 1.54 bits per heavy atom. The second-order valence-electron chi connectivity index (χ2n) is 14.1. The van der Waals surface area contributed by atoms with Gasteiger partial charge in [0.25, 0.3) is 11.8 Å². The number of aliphatic hydroxyl groups excluding tert-OH is 1. The molecule has 0 aliphatic heterocycles. The number of aromatic nitrogens is 3. The number of benzene rings is 2. The molecule has 3 heterocycles. The molecule has 4 amide bonds. The van der Waals surface area contributed by atoms with Gasteiger partial charge < -0.3 is 54.8 Å². The molecule has 0 fully saturated rings. The number of oxazole rings is 1. The molecule has 0 radical (unpaired) electrons. The van der Waals surface area contributed by atoms with Crippen molar-refractivity contribution in [2.75, 3.05) is 58.1 Å². The highest BCUT2D eigenvalue weighted by Gasteiger charge is 2.31. The van der Waals surface area contributed by atoms with Crippen molar-refractivity contribution in [1.29, 1.82) is 0 Å². The molecule has 0 aliphatic rings. The van der Waals surface area contributed by atoms with Gasteiger partial charge in [-0.1, -0.05) is 44.2 Å². The van der Waals surface area contributed by atoms with Gasteiger partial charge in [0.05, 0.1) is 57.4 Å². The molecule has 61 heavy (non-hydrogen) atoms. The minimum absolute atomic E-state index is 0.0383. The summed E-state index contributed by atoms with van der Waals surface area (Å²) in [7, 11) is 0. The number of anilines is 1. The Balaban J connectivity index is 0.897. The van der Waals surface area contributed by atoms with Gasteiger partial charge in [-0.05, 0) is 66.8 Å². The van der Waals surface area contributed by atoms with Crippen molar-refractivity contribution in [3.63, 3.8) is 0 Å². The van der Waals surface area contributed by atoms with Crippen molar-refractivity contribution in [3.8, 4) is 17.2 Å². The largest absolute Gasteiger partial charge is 0.490 e. The lowest BCUT2D eigenvalue weighted by Crippen LogP contribution is -2.56. The minimum Gasteiger partial charge on any atom is -0.490 e. The summed E-state index contributed by atoms with van der Waals surface area (Å²) in [5.41, 5.74) is 3.40. The number of carboxylic acid groups (broad SMARTS) is 1. The van der Waals surface area contributed by atoms with Crippen LogP contribution >= 0.6 is 0 Å². The summed E-state index contributed by atoms with van der Waals surface area (Å²) < 4.78 is 28.1. The molecular formula is C43H51N7O11. The van der Waals surface area contributed by atoms with Crippen LogP contribution in [-0.4, -0.2) is 120 Å². The van der Waals surface area contributed by atoms with E-state index in [9.17, 15) is 29.4 Å². The molecule has 3 atom stereocenters. The van der Waals surface area contributed by atoms with Gasteiger partial charge >= 0.3 is 6.09 Å². The summed E-state index contributed by atoms with van der Waals surface area (Å²) in [4.78, 5) is 62.9. The third kappa shape index (κ3) is 15.3. The van der Waals surface area contributed by atoms with Gasteiger partial charge in [-0.15, -0.1) is 0 Å². The zero-order valence-electron chi connectivity index (χ0n) is 34.0. The normalized spacial score (nSPS) is 12.7. The highest BCUT2D eigenvalue weighted by atomic mass is 16.6. The summed E-state index contributed by atoms with van der Waals surface area (Å²) in [5, 5.41) is 30.3. The molecule has 5 rings (SSSR count). The van der Waals surface area contributed by atoms with Crippen LogP contribution in [0.25, 0.3) is 22.6 Å². The standard InChI is InChI=1S/C43H51N7O11/c1-28(2)23-36(48-41(54)38(51)35(50-43(55)56)24-29-7-4-3-5-8-29)39(52)45-15-16-57-17-18-58-19-20-59-21-22-60-32-11-12-33(46-27-32)40(53)47-31-10-13-37-34(25-31)49-42(61-37)30-9-6-14-44-26-30/h3-14,25-28,35-36,38,50-51H,15-24H2,1-2H3,(H,45,52)(H,47,53)(H,48,54)(H,55,56). The van der Waals surface area contributed by atoms with Crippen molar-refractivity contribution in [1.82, 2.24) is 30.9 Å². The molecule has 0 saturated heterocycles. The number of pyridine rings is 2. The third-order valence-corrected chi connectivity index (χ3v) is 8.91. The first-order chi connectivity index (χ1) is 29.5. The molecule has 324 valence electrons. The lowest BCUT2D eigenvalue weighted by molar-refractivity contribution is -0.135. The first kappa shape index (κ1) is 45.6. The van der Waals surface area contributed by atoms with E-state index in [4.69, 9.17) is 23.4 Å². The Morgan fingerprint density at radius 1 is 0.803 bits per heavy atom. The Labute approximate surface area is 352 Å². The average molecular weight is 842 g/mol. The van der Waals surface area contributed by atoms with Crippen LogP contribution in [0.3, 0.4) is 0 Å². The Kier molecular flexibility index (Phi) is 17.9. The number of fused-ring (bicyclic) bond motifs is 1. The van der Waals surface area contributed by atoms with Crippen LogP contribution in [0.5, 0.6) is 5.75 Å². The van der Waals surface area contributed by atoms with E-state index in [-0.39, 0.29) is 44.4 Å². The Bertz CT molecular complexity index is 2140. The lowest BCUT2D eigenvalue weighted by atomic mass is 9.99. The predicted octanol–water partition coefficient (Wildman–Crippen LogP) is 3.85. The van der Waals surface area contributed by atoms with Gasteiger partial charge in [-0.2, -0.15) is 0 Å². The number of rotatable bonds is 25. The molecule has 6 N–H and O–H groups in total. The molecule has 3 unspecified atom stereocenters. The number of hydrogen-bond acceptors (Lipinski definition) is 13. The van der Waals surface area contributed by atoms with E-state index < -0.39 is 42.0 Å². The zero-order valence-corrected chi connectivity index (χ0v) is 34.0. The van der Waals surface area contributed by atoms with Gasteiger partial charge in [0.1, 0.15) is 29.6 Å². The maximum absolute atomic E-state index is 13.0. The fraction of sp³-hybridized carbons (Fsp3) is 0.372. The summed E-state index contributed by atoms with van der Waals surface area (Å²) >= 11 is 0. The van der Waals surface area contributed by atoms with Crippen molar-refractivity contribution in [2.24, 2.45) is 5.92 Å². The van der Waals surface area contributed by atoms with Crippen molar-refractivity contribution < 1.29 is 52.8 Å². The zero-order chi connectivity index (χ0) is 43.4. The van der Waals surface area contributed by atoms with E-state index in [1.807, 2.05) is 19.9 Å². The summed E-state index contributed by atoms with van der Waals surface area (Å²) in [5.74, 6) is -0.745. The SMILES string of the molecule is CC(C)CC(NC(=O)C(O)C(Cc1ccccc1)NC(=O)O)C(=O)NCCOCCOCCOCCOc1ccc(C(=O)Nc2ccc3oc(-c4cccnc4)nc3c2)nc1. The molecule has 5 aromatic rings. The fourth-order valence-corrected chi connectivity index (χ4v) is 5.95. The predicted molar refractivity (Wildman–Crippen MR) is 223 cm³/mol. The number of amides is 4. The van der Waals surface area contributed by atoms with Crippen molar-refractivity contribution in [3.05, 3.63) is 103 Å². The number of carbonyl (C=O) groups is 4. The topological polar surface area (TPSA) is 246 Å². The van der Waals surface area contributed by atoms with E-state index in [1.54, 1.807) is 79.1 Å². The molecule has 0 aliphatic carbocycles. The van der Waals surface area contributed by atoms with Crippen LogP contribution in [0.1, 0.15) is 36.3 Å². The lowest BCUT2D eigenvalue weighted by Gasteiger charge is -2.26. The average Bonchev–Trinajstić information content (AvgIpc) is 3.69. The number of aliphatic hydroxyl groups is 1. The molecule has 0 saturated carbocycles. The Hall–Kier alpha value is -6.47. The number of hydrogen-bond donors (Lipinski definition) is 6. The van der Waals surface area contributed by atoms with Gasteiger partial charge in [0, 0.05) is 24.6 Å². The van der Waals surface area contributed by atoms with E-state index >= 15 is 0 Å². The number of ether oxygens (including phenoxy) is 4. The summed E-state index contributed by atoms with van der Waals surface area (Å²) in [6, 6.07) is 18.8. The molecule has 18 nitrogen and oxygen atoms in total. The van der Waals surface area contributed by atoms with Crippen LogP contribution < -0.4 is 26.0 Å². The summed E-state index contributed by atoms with van der Waals surface area (Å²) in [6.07, 6.45) is 2.06. The quantitative estimate of drug-likeness (QED) is 0.0458. The monoisotopic (exact) mass is 841 g/mol. The summed E-state index contributed by atoms with van der Waals surface area (Å²) in [6.45, 7) is 5.97. The highest BCUT2D eigenvalue weighted by molar-refractivity contribution is 6.03. The van der Waals surface area contributed by atoms with Gasteiger partial charge in [0.2, 0.25) is 11.8 Å². The number of nitrogens with one attached hydrogen (secondary N) is 4. The maximum Gasteiger partial charge on any atom is 0.404 e. The van der Waals surface area contributed by atoms with E-state index in [1.165, 1.54) is 6.20 Å². The van der Waals surface area contributed by atoms with Crippen molar-refractivity contribution >= 4 is 40.6 Å². The van der Waals surface area contributed by atoms with Gasteiger partial charge in [0.15, 0.2) is 11.7 Å².